The third-order valence-electron chi connectivity index (χ3n) is 4.73. The number of para-hydroxylation sites is 1. The van der Waals surface area contributed by atoms with E-state index in [4.69, 9.17) is 4.74 Å². The minimum atomic E-state index is -0.139. The van der Waals surface area contributed by atoms with E-state index < -0.39 is 0 Å². The summed E-state index contributed by atoms with van der Waals surface area (Å²) in [7, 11) is 0. The van der Waals surface area contributed by atoms with Gasteiger partial charge < -0.3 is 15.4 Å². The summed E-state index contributed by atoms with van der Waals surface area (Å²) in [6, 6.07) is 17.8. The van der Waals surface area contributed by atoms with Gasteiger partial charge in [-0.3, -0.25) is 9.59 Å². The second-order valence-electron chi connectivity index (χ2n) is 6.83. The summed E-state index contributed by atoms with van der Waals surface area (Å²) in [6.45, 7) is 1.79. The number of carbonyl (C=O) groups is 2. The molecule has 1 atom stereocenters. The first kappa shape index (κ1) is 19.1. The predicted octanol–water partition coefficient (Wildman–Crippen LogP) is 3.30. The van der Waals surface area contributed by atoms with Crippen LogP contribution in [-0.4, -0.2) is 25.0 Å². The van der Waals surface area contributed by atoms with E-state index in [9.17, 15) is 9.59 Å². The van der Waals surface area contributed by atoms with Crippen LogP contribution >= 0.6 is 0 Å². The number of rotatable bonds is 9. The zero-order valence-electron chi connectivity index (χ0n) is 15.4. The van der Waals surface area contributed by atoms with Crippen LogP contribution in [0.2, 0.25) is 0 Å². The SMILES string of the molecule is O=C(CC[C@@H]1Cc2ccccc2NC1=O)NCCCOCc1ccccc1. The van der Waals surface area contributed by atoms with E-state index in [0.29, 0.717) is 39.0 Å². The number of nitrogens with one attached hydrogen (secondary N) is 2. The minimum absolute atomic E-state index is 0.00952. The van der Waals surface area contributed by atoms with E-state index in [1.54, 1.807) is 0 Å². The summed E-state index contributed by atoms with van der Waals surface area (Å²) >= 11 is 0. The molecule has 2 aromatic carbocycles. The molecule has 0 saturated heterocycles. The topological polar surface area (TPSA) is 67.4 Å². The summed E-state index contributed by atoms with van der Waals surface area (Å²) in [5.74, 6) is -0.139. The lowest BCUT2D eigenvalue weighted by molar-refractivity contribution is -0.122. The number of fused-ring (bicyclic) bond motifs is 1. The highest BCUT2D eigenvalue weighted by Gasteiger charge is 2.26. The molecule has 3 rings (SSSR count). The van der Waals surface area contributed by atoms with Gasteiger partial charge in [-0.25, -0.2) is 0 Å². The predicted molar refractivity (Wildman–Crippen MR) is 105 cm³/mol. The van der Waals surface area contributed by atoms with Crippen molar-refractivity contribution in [2.24, 2.45) is 5.92 Å². The summed E-state index contributed by atoms with van der Waals surface area (Å²) < 4.78 is 5.60. The molecule has 1 heterocycles. The first-order valence-corrected chi connectivity index (χ1v) is 9.49. The van der Waals surface area contributed by atoms with Crippen molar-refractivity contribution in [3.8, 4) is 0 Å². The molecule has 0 aliphatic carbocycles. The first-order chi connectivity index (χ1) is 13.2. The van der Waals surface area contributed by atoms with Crippen molar-refractivity contribution in [1.82, 2.24) is 5.32 Å². The average molecular weight is 366 g/mol. The standard InChI is InChI=1S/C22H26N2O3/c25-21(23-13-6-14-27-16-17-7-2-1-3-8-17)12-11-19-15-18-9-4-5-10-20(18)24-22(19)26/h1-5,7-10,19H,6,11-16H2,(H,23,25)(H,24,26)/t19-/m1/s1. The van der Waals surface area contributed by atoms with Gasteiger partial charge in [-0.2, -0.15) is 0 Å². The summed E-state index contributed by atoms with van der Waals surface area (Å²) in [4.78, 5) is 24.2. The number of hydrogen-bond donors (Lipinski definition) is 2. The Hall–Kier alpha value is -2.66. The highest BCUT2D eigenvalue weighted by atomic mass is 16.5. The smallest absolute Gasteiger partial charge is 0.227 e. The third-order valence-corrected chi connectivity index (χ3v) is 4.73. The molecular formula is C22H26N2O3. The highest BCUT2D eigenvalue weighted by Crippen LogP contribution is 2.27. The Morgan fingerprint density at radius 3 is 2.74 bits per heavy atom. The molecule has 0 unspecified atom stereocenters. The van der Waals surface area contributed by atoms with Gasteiger partial charge in [0, 0.05) is 31.2 Å². The van der Waals surface area contributed by atoms with Gasteiger partial charge in [0.25, 0.3) is 0 Å². The van der Waals surface area contributed by atoms with E-state index >= 15 is 0 Å². The maximum atomic E-state index is 12.2. The van der Waals surface area contributed by atoms with Crippen molar-refractivity contribution in [3.63, 3.8) is 0 Å². The molecule has 5 nitrogen and oxygen atoms in total. The molecule has 0 saturated carbocycles. The van der Waals surface area contributed by atoms with E-state index in [2.05, 4.69) is 10.6 Å². The van der Waals surface area contributed by atoms with E-state index in [-0.39, 0.29) is 17.7 Å². The van der Waals surface area contributed by atoms with Crippen LogP contribution in [0.4, 0.5) is 5.69 Å². The summed E-state index contributed by atoms with van der Waals surface area (Å²) in [6.07, 6.45) is 2.40. The molecule has 0 fully saturated rings. The fourth-order valence-electron chi connectivity index (χ4n) is 3.21. The molecule has 142 valence electrons. The Bertz CT molecular complexity index is 761. The summed E-state index contributed by atoms with van der Waals surface area (Å²) in [5.41, 5.74) is 3.17. The molecule has 5 heteroatoms. The van der Waals surface area contributed by atoms with Crippen LogP contribution in [0.15, 0.2) is 54.6 Å². The lowest BCUT2D eigenvalue weighted by Gasteiger charge is -2.24. The molecule has 1 aliphatic rings. The number of benzene rings is 2. The van der Waals surface area contributed by atoms with Gasteiger partial charge in [0.15, 0.2) is 0 Å². The molecule has 2 aromatic rings. The molecule has 0 spiro atoms. The largest absolute Gasteiger partial charge is 0.377 e. The Kier molecular flexibility index (Phi) is 6.99. The van der Waals surface area contributed by atoms with Gasteiger partial charge in [-0.05, 0) is 36.5 Å². The fourth-order valence-corrected chi connectivity index (χ4v) is 3.21. The second kappa shape index (κ2) is 9.88. The highest BCUT2D eigenvalue weighted by molar-refractivity contribution is 5.96. The molecule has 27 heavy (non-hydrogen) atoms. The molecule has 2 amide bonds. The second-order valence-corrected chi connectivity index (χ2v) is 6.83. The van der Waals surface area contributed by atoms with Gasteiger partial charge in [-0.1, -0.05) is 48.5 Å². The van der Waals surface area contributed by atoms with Gasteiger partial charge >= 0.3 is 0 Å². The molecular weight excluding hydrogens is 340 g/mol. The maximum Gasteiger partial charge on any atom is 0.227 e. The van der Waals surface area contributed by atoms with Crippen molar-refractivity contribution in [3.05, 3.63) is 65.7 Å². The van der Waals surface area contributed by atoms with Crippen molar-refractivity contribution in [1.29, 1.82) is 0 Å². The van der Waals surface area contributed by atoms with Crippen molar-refractivity contribution in [2.75, 3.05) is 18.5 Å². The van der Waals surface area contributed by atoms with Crippen LogP contribution in [0.3, 0.4) is 0 Å². The van der Waals surface area contributed by atoms with Gasteiger partial charge in [0.1, 0.15) is 0 Å². The average Bonchev–Trinajstić information content (AvgIpc) is 2.69. The van der Waals surface area contributed by atoms with E-state index in [1.165, 1.54) is 0 Å². The van der Waals surface area contributed by atoms with Crippen molar-refractivity contribution < 1.29 is 14.3 Å². The number of ether oxygens (including phenoxy) is 1. The zero-order chi connectivity index (χ0) is 18.9. The molecule has 0 bridgehead atoms. The molecule has 1 aliphatic heterocycles. The first-order valence-electron chi connectivity index (χ1n) is 9.49. The quantitative estimate of drug-likeness (QED) is 0.669. The fraction of sp³-hybridized carbons (Fsp3) is 0.364. The third kappa shape index (κ3) is 5.93. The number of amides is 2. The van der Waals surface area contributed by atoms with Crippen LogP contribution in [-0.2, 0) is 27.4 Å². The van der Waals surface area contributed by atoms with Crippen LogP contribution in [0.25, 0.3) is 0 Å². The summed E-state index contributed by atoms with van der Waals surface area (Å²) in [5, 5.41) is 5.83. The van der Waals surface area contributed by atoms with Gasteiger partial charge in [0.2, 0.25) is 11.8 Å². The Balaban J connectivity index is 1.28. The Morgan fingerprint density at radius 1 is 1.11 bits per heavy atom. The number of anilines is 1. The van der Waals surface area contributed by atoms with Gasteiger partial charge in [0.05, 0.1) is 6.61 Å². The van der Waals surface area contributed by atoms with Gasteiger partial charge in [-0.15, -0.1) is 0 Å². The minimum Gasteiger partial charge on any atom is -0.377 e. The molecule has 0 aromatic heterocycles. The van der Waals surface area contributed by atoms with Crippen molar-refractivity contribution in [2.45, 2.75) is 32.3 Å². The number of hydrogen-bond acceptors (Lipinski definition) is 3. The van der Waals surface area contributed by atoms with Crippen LogP contribution in [0, 0.1) is 5.92 Å². The molecule has 2 N–H and O–H groups in total. The van der Waals surface area contributed by atoms with Crippen LogP contribution < -0.4 is 10.6 Å². The van der Waals surface area contributed by atoms with E-state index in [1.807, 2.05) is 54.6 Å². The Labute approximate surface area is 160 Å². The zero-order valence-corrected chi connectivity index (χ0v) is 15.4. The lowest BCUT2D eigenvalue weighted by atomic mass is 9.89. The maximum absolute atomic E-state index is 12.2. The van der Waals surface area contributed by atoms with E-state index in [0.717, 1.165) is 23.2 Å². The van der Waals surface area contributed by atoms with Crippen molar-refractivity contribution >= 4 is 17.5 Å². The Morgan fingerprint density at radius 2 is 1.89 bits per heavy atom. The normalized spacial score (nSPS) is 15.7. The van der Waals surface area contributed by atoms with Crippen LogP contribution in [0.1, 0.15) is 30.4 Å². The monoisotopic (exact) mass is 366 g/mol. The number of carbonyl (C=O) groups excluding carboxylic acids is 2. The van der Waals surface area contributed by atoms with Crippen LogP contribution in [0.5, 0.6) is 0 Å². The lowest BCUT2D eigenvalue weighted by Crippen LogP contribution is -2.32. The molecule has 0 radical (unpaired) electrons.